The SMILES string of the molecule is Cc1oc(-c2cccs2)nc1CC(=O)NCC(O)COc1ccc(C(F)(F)F)cc1. The van der Waals surface area contributed by atoms with Gasteiger partial charge in [0, 0.05) is 6.54 Å². The van der Waals surface area contributed by atoms with E-state index in [1.807, 2.05) is 17.5 Å². The van der Waals surface area contributed by atoms with Gasteiger partial charge >= 0.3 is 6.18 Å². The van der Waals surface area contributed by atoms with Crippen molar-refractivity contribution in [3.63, 3.8) is 0 Å². The number of carbonyl (C=O) groups excluding carboxylic acids is 1. The largest absolute Gasteiger partial charge is 0.491 e. The molecule has 30 heavy (non-hydrogen) atoms. The molecular formula is C20H19F3N2O4S. The number of hydrogen-bond donors (Lipinski definition) is 2. The number of benzene rings is 1. The van der Waals surface area contributed by atoms with Crippen molar-refractivity contribution in [3.8, 4) is 16.5 Å². The maximum Gasteiger partial charge on any atom is 0.416 e. The molecule has 0 fully saturated rings. The third-order valence-electron chi connectivity index (χ3n) is 4.11. The minimum Gasteiger partial charge on any atom is -0.491 e. The van der Waals surface area contributed by atoms with Gasteiger partial charge in [0.1, 0.15) is 24.2 Å². The topological polar surface area (TPSA) is 84.6 Å². The maximum atomic E-state index is 12.5. The number of alkyl halides is 3. The molecule has 0 aliphatic carbocycles. The van der Waals surface area contributed by atoms with Gasteiger partial charge in [-0.05, 0) is 42.6 Å². The molecule has 10 heteroatoms. The van der Waals surface area contributed by atoms with Gasteiger partial charge in [-0.1, -0.05) is 6.07 Å². The van der Waals surface area contributed by atoms with Crippen molar-refractivity contribution in [1.82, 2.24) is 10.3 Å². The summed E-state index contributed by atoms with van der Waals surface area (Å²) in [6, 6.07) is 7.88. The van der Waals surface area contributed by atoms with E-state index in [1.54, 1.807) is 6.92 Å². The van der Waals surface area contributed by atoms with Gasteiger partial charge in [-0.3, -0.25) is 4.79 Å². The first-order valence-electron chi connectivity index (χ1n) is 8.97. The van der Waals surface area contributed by atoms with E-state index < -0.39 is 17.8 Å². The van der Waals surface area contributed by atoms with Gasteiger partial charge in [0.15, 0.2) is 0 Å². The highest BCUT2D eigenvalue weighted by molar-refractivity contribution is 7.13. The van der Waals surface area contributed by atoms with Crippen molar-refractivity contribution in [1.29, 1.82) is 0 Å². The Morgan fingerprint density at radius 1 is 1.30 bits per heavy atom. The molecule has 0 aliphatic rings. The molecule has 3 aromatic rings. The molecule has 1 aromatic carbocycles. The first-order chi connectivity index (χ1) is 14.2. The lowest BCUT2D eigenvalue weighted by Crippen LogP contribution is -2.36. The monoisotopic (exact) mass is 440 g/mol. The number of halogens is 3. The van der Waals surface area contributed by atoms with Crippen molar-refractivity contribution in [2.45, 2.75) is 25.6 Å². The predicted octanol–water partition coefficient (Wildman–Crippen LogP) is 3.83. The van der Waals surface area contributed by atoms with E-state index in [0.717, 1.165) is 17.0 Å². The highest BCUT2D eigenvalue weighted by Crippen LogP contribution is 2.30. The molecule has 2 heterocycles. The first-order valence-corrected chi connectivity index (χ1v) is 9.85. The summed E-state index contributed by atoms with van der Waals surface area (Å²) in [4.78, 5) is 17.3. The quantitative estimate of drug-likeness (QED) is 0.556. The summed E-state index contributed by atoms with van der Waals surface area (Å²) >= 11 is 1.48. The zero-order valence-electron chi connectivity index (χ0n) is 15.9. The van der Waals surface area contributed by atoms with Gasteiger partial charge in [-0.2, -0.15) is 13.2 Å². The Labute approximate surface area is 174 Å². The minimum absolute atomic E-state index is 0.00676. The predicted molar refractivity (Wildman–Crippen MR) is 104 cm³/mol. The number of nitrogens with zero attached hydrogens (tertiary/aromatic N) is 1. The molecule has 1 unspecified atom stereocenters. The van der Waals surface area contributed by atoms with Crippen LogP contribution < -0.4 is 10.1 Å². The van der Waals surface area contributed by atoms with Crippen molar-refractivity contribution >= 4 is 17.2 Å². The molecule has 2 aromatic heterocycles. The number of aryl methyl sites for hydroxylation is 1. The zero-order valence-corrected chi connectivity index (χ0v) is 16.7. The molecule has 3 rings (SSSR count). The number of oxazole rings is 1. The molecule has 0 spiro atoms. The first kappa shape index (κ1) is 21.8. The molecule has 160 valence electrons. The maximum absolute atomic E-state index is 12.5. The summed E-state index contributed by atoms with van der Waals surface area (Å²) in [6.45, 7) is 1.46. The summed E-state index contributed by atoms with van der Waals surface area (Å²) in [6.07, 6.45) is -5.46. The fourth-order valence-corrected chi connectivity index (χ4v) is 3.18. The lowest BCUT2D eigenvalue weighted by atomic mass is 10.2. The minimum atomic E-state index is -4.42. The van der Waals surface area contributed by atoms with E-state index >= 15 is 0 Å². The zero-order chi connectivity index (χ0) is 21.7. The fraction of sp³-hybridized carbons (Fsp3) is 0.300. The Hall–Kier alpha value is -2.85. The summed E-state index contributed by atoms with van der Waals surface area (Å²) < 4.78 is 48.4. The van der Waals surface area contributed by atoms with E-state index in [4.69, 9.17) is 9.15 Å². The van der Waals surface area contributed by atoms with E-state index in [-0.39, 0.29) is 31.2 Å². The number of thiophene rings is 1. The molecular weight excluding hydrogens is 421 g/mol. The van der Waals surface area contributed by atoms with Gasteiger partial charge in [-0.25, -0.2) is 4.98 Å². The van der Waals surface area contributed by atoms with Crippen LogP contribution in [-0.4, -0.2) is 35.3 Å². The number of aromatic nitrogens is 1. The van der Waals surface area contributed by atoms with Gasteiger partial charge in [0.05, 0.1) is 22.6 Å². The second-order valence-electron chi connectivity index (χ2n) is 6.47. The number of hydrogen-bond acceptors (Lipinski definition) is 6. The summed E-state index contributed by atoms with van der Waals surface area (Å²) in [5, 5.41) is 14.4. The van der Waals surface area contributed by atoms with Crippen LogP contribution in [-0.2, 0) is 17.4 Å². The van der Waals surface area contributed by atoms with Crippen LogP contribution in [0.25, 0.3) is 10.8 Å². The van der Waals surface area contributed by atoms with E-state index in [1.165, 1.54) is 23.5 Å². The van der Waals surface area contributed by atoms with Gasteiger partial charge in [0.25, 0.3) is 0 Å². The van der Waals surface area contributed by atoms with Crippen LogP contribution in [0.4, 0.5) is 13.2 Å². The molecule has 2 N–H and O–H groups in total. The third-order valence-corrected chi connectivity index (χ3v) is 4.97. The summed E-state index contributed by atoms with van der Waals surface area (Å²) in [5.41, 5.74) is -0.278. The Bertz CT molecular complexity index is 969. The van der Waals surface area contributed by atoms with Gasteiger partial charge in [0.2, 0.25) is 11.8 Å². The Balaban J connectivity index is 1.43. The standard InChI is InChI=1S/C20H19F3N2O4S/c1-12-16(25-19(29-12)17-3-2-8-30-17)9-18(27)24-10-14(26)11-28-15-6-4-13(5-7-15)20(21,22)23/h2-8,14,26H,9-11H2,1H3,(H,24,27). The molecule has 0 saturated heterocycles. The summed E-state index contributed by atoms with van der Waals surface area (Å²) in [7, 11) is 0. The lowest BCUT2D eigenvalue weighted by Gasteiger charge is -2.14. The molecule has 0 radical (unpaired) electrons. The van der Waals surface area contributed by atoms with Gasteiger partial charge < -0.3 is 19.6 Å². The van der Waals surface area contributed by atoms with E-state index in [2.05, 4.69) is 10.3 Å². The summed E-state index contributed by atoms with van der Waals surface area (Å²) in [5.74, 6) is 0.834. The second-order valence-corrected chi connectivity index (χ2v) is 7.41. The molecule has 0 aliphatic heterocycles. The highest BCUT2D eigenvalue weighted by atomic mass is 32.1. The number of amides is 1. The molecule has 6 nitrogen and oxygen atoms in total. The molecule has 0 saturated carbocycles. The van der Waals surface area contributed by atoms with E-state index in [9.17, 15) is 23.1 Å². The average Bonchev–Trinajstić information content (AvgIpc) is 3.35. The van der Waals surface area contributed by atoms with Crippen molar-refractivity contribution in [2.75, 3.05) is 13.2 Å². The Morgan fingerprint density at radius 2 is 2.03 bits per heavy atom. The van der Waals surface area contributed by atoms with Crippen LogP contribution in [0.5, 0.6) is 5.75 Å². The van der Waals surface area contributed by atoms with E-state index in [0.29, 0.717) is 17.3 Å². The lowest BCUT2D eigenvalue weighted by molar-refractivity contribution is -0.137. The second kappa shape index (κ2) is 9.31. The van der Waals surface area contributed by atoms with Crippen molar-refractivity contribution < 1.29 is 32.2 Å². The van der Waals surface area contributed by atoms with Gasteiger partial charge in [-0.15, -0.1) is 11.3 Å². The van der Waals surface area contributed by atoms with Crippen LogP contribution in [0.15, 0.2) is 46.2 Å². The van der Waals surface area contributed by atoms with Crippen LogP contribution in [0, 0.1) is 6.92 Å². The van der Waals surface area contributed by atoms with Crippen molar-refractivity contribution in [3.05, 3.63) is 58.8 Å². The van der Waals surface area contributed by atoms with Crippen LogP contribution in [0.3, 0.4) is 0 Å². The fourth-order valence-electron chi connectivity index (χ4n) is 2.54. The average molecular weight is 440 g/mol. The Morgan fingerprint density at radius 3 is 2.67 bits per heavy atom. The number of rotatable bonds is 8. The molecule has 1 amide bonds. The number of aliphatic hydroxyl groups excluding tert-OH is 1. The number of aliphatic hydroxyl groups is 1. The number of ether oxygens (including phenoxy) is 1. The van der Waals surface area contributed by atoms with Crippen LogP contribution >= 0.6 is 11.3 Å². The highest BCUT2D eigenvalue weighted by Gasteiger charge is 2.30. The molecule has 1 atom stereocenters. The van der Waals surface area contributed by atoms with Crippen molar-refractivity contribution in [2.24, 2.45) is 0 Å². The smallest absolute Gasteiger partial charge is 0.416 e. The normalized spacial score (nSPS) is 12.6. The van der Waals surface area contributed by atoms with Crippen LogP contribution in [0.2, 0.25) is 0 Å². The Kier molecular flexibility index (Phi) is 6.78. The third kappa shape index (κ3) is 5.83. The number of carbonyl (C=O) groups is 1. The van der Waals surface area contributed by atoms with Crippen LogP contribution in [0.1, 0.15) is 17.0 Å². The molecule has 0 bridgehead atoms. The number of nitrogens with one attached hydrogen (secondary N) is 1.